The van der Waals surface area contributed by atoms with Crippen LogP contribution in [0.3, 0.4) is 0 Å². The normalized spacial score (nSPS) is 11.5. The van der Waals surface area contributed by atoms with Gasteiger partial charge in [0.25, 0.3) is 0 Å². The summed E-state index contributed by atoms with van der Waals surface area (Å²) in [5, 5.41) is 10.5. The minimum atomic E-state index is -0.579. The second-order valence-corrected chi connectivity index (χ2v) is 4.68. The van der Waals surface area contributed by atoms with E-state index >= 15 is 0 Å². The van der Waals surface area contributed by atoms with Crippen LogP contribution < -0.4 is 10.4 Å². The van der Waals surface area contributed by atoms with Gasteiger partial charge in [0, 0.05) is 16.5 Å². The quantitative estimate of drug-likeness (QED) is 0.529. The molecule has 6 nitrogen and oxygen atoms in total. The van der Waals surface area contributed by atoms with Crippen molar-refractivity contribution >= 4 is 16.9 Å². The first-order valence-corrected chi connectivity index (χ1v) is 6.55. The Morgan fingerprint density at radius 2 is 2.09 bits per heavy atom. The van der Waals surface area contributed by atoms with Crippen LogP contribution in [0.2, 0.25) is 0 Å². The summed E-state index contributed by atoms with van der Waals surface area (Å²) in [6.07, 6.45) is 1.82. The fraction of sp³-hybridized carbons (Fsp3) is 0.250. The van der Waals surface area contributed by atoms with Gasteiger partial charge in [-0.1, -0.05) is 6.08 Å². The molecule has 0 fully saturated rings. The molecule has 0 atom stereocenters. The highest BCUT2D eigenvalue weighted by atomic mass is 16.5. The van der Waals surface area contributed by atoms with Crippen LogP contribution in [0.15, 0.2) is 39.1 Å². The van der Waals surface area contributed by atoms with Crippen molar-refractivity contribution in [2.45, 2.75) is 13.3 Å². The molecule has 1 heterocycles. The number of hydrogen-bond donors (Lipinski definition) is 1. The van der Waals surface area contributed by atoms with Gasteiger partial charge in [0.2, 0.25) is 5.75 Å². The van der Waals surface area contributed by atoms with Crippen molar-refractivity contribution in [3.05, 3.63) is 45.8 Å². The number of rotatable bonds is 4. The molecule has 1 aromatic carbocycles. The van der Waals surface area contributed by atoms with Crippen molar-refractivity contribution in [3.63, 3.8) is 0 Å². The van der Waals surface area contributed by atoms with E-state index in [1.54, 1.807) is 31.2 Å². The first-order valence-electron chi connectivity index (χ1n) is 6.55. The van der Waals surface area contributed by atoms with Crippen molar-refractivity contribution in [1.82, 2.24) is 0 Å². The zero-order valence-corrected chi connectivity index (χ0v) is 12.5. The van der Waals surface area contributed by atoms with Gasteiger partial charge in [-0.25, -0.2) is 9.59 Å². The topological polar surface area (TPSA) is 86.0 Å². The molecule has 116 valence electrons. The van der Waals surface area contributed by atoms with Crippen LogP contribution >= 0.6 is 0 Å². The highest BCUT2D eigenvalue weighted by Gasteiger charge is 2.12. The van der Waals surface area contributed by atoms with Crippen LogP contribution in [-0.2, 0) is 16.0 Å². The number of methoxy groups -OCH3 is 2. The van der Waals surface area contributed by atoms with Crippen LogP contribution in [-0.4, -0.2) is 25.3 Å². The molecule has 0 amide bonds. The number of ether oxygens (including phenoxy) is 2. The maximum absolute atomic E-state index is 12.0. The van der Waals surface area contributed by atoms with E-state index in [4.69, 9.17) is 9.15 Å². The lowest BCUT2D eigenvalue weighted by molar-refractivity contribution is -0.136. The summed E-state index contributed by atoms with van der Waals surface area (Å²) in [5.41, 5.74) is 0.270. The van der Waals surface area contributed by atoms with Crippen molar-refractivity contribution in [3.8, 4) is 11.5 Å². The lowest BCUT2D eigenvalue weighted by Crippen LogP contribution is -2.08. The first kappa shape index (κ1) is 15.6. The predicted octanol–water partition coefficient (Wildman–Crippen LogP) is 2.17. The highest BCUT2D eigenvalue weighted by Crippen LogP contribution is 2.33. The summed E-state index contributed by atoms with van der Waals surface area (Å²) in [4.78, 5) is 23.3. The van der Waals surface area contributed by atoms with Gasteiger partial charge in [-0.3, -0.25) is 0 Å². The van der Waals surface area contributed by atoms with Gasteiger partial charge in [0.15, 0.2) is 11.3 Å². The molecule has 0 aliphatic carbocycles. The largest absolute Gasteiger partial charge is 0.502 e. The Labute approximate surface area is 126 Å². The number of fused-ring (bicyclic) bond motifs is 1. The number of phenolic OH excluding ortho intramolecular Hbond substituents is 1. The molecule has 0 aliphatic rings. The number of carbonyl (C=O) groups is 1. The van der Waals surface area contributed by atoms with Crippen LogP contribution in [0, 0.1) is 0 Å². The van der Waals surface area contributed by atoms with E-state index < -0.39 is 11.6 Å². The molecule has 0 aliphatic heterocycles. The molecule has 1 N–H and O–H groups in total. The van der Waals surface area contributed by atoms with E-state index in [0.717, 1.165) is 0 Å². The standard InChI is InChI=1S/C16H16O6/c1-9(15(18)21-3)4-5-11-8-10-6-7-12(20-2)13(17)14(10)22-16(11)19/h4,6-8,17H,5H2,1-3H3. The average Bonchev–Trinajstić information content (AvgIpc) is 2.53. The molecule has 0 spiro atoms. The van der Waals surface area contributed by atoms with Gasteiger partial charge in [-0.2, -0.15) is 0 Å². The fourth-order valence-electron chi connectivity index (χ4n) is 2.01. The summed E-state index contributed by atoms with van der Waals surface area (Å²) in [5.74, 6) is -0.442. The minimum absolute atomic E-state index is 0.0711. The molecular formula is C16H16O6. The maximum atomic E-state index is 12.0. The van der Waals surface area contributed by atoms with Crippen LogP contribution in [0.25, 0.3) is 11.0 Å². The van der Waals surface area contributed by atoms with E-state index in [9.17, 15) is 14.7 Å². The lowest BCUT2D eigenvalue weighted by Gasteiger charge is -2.06. The summed E-state index contributed by atoms with van der Waals surface area (Å²) >= 11 is 0. The molecule has 0 bridgehead atoms. The monoisotopic (exact) mass is 304 g/mol. The summed E-state index contributed by atoms with van der Waals surface area (Å²) < 4.78 is 14.7. The van der Waals surface area contributed by atoms with E-state index in [1.165, 1.54) is 14.2 Å². The third-order valence-corrected chi connectivity index (χ3v) is 3.27. The van der Waals surface area contributed by atoms with E-state index in [1.807, 2.05) is 0 Å². The van der Waals surface area contributed by atoms with Crippen molar-refractivity contribution in [2.24, 2.45) is 0 Å². The maximum Gasteiger partial charge on any atom is 0.339 e. The van der Waals surface area contributed by atoms with Gasteiger partial charge in [-0.15, -0.1) is 0 Å². The van der Waals surface area contributed by atoms with Gasteiger partial charge in [0.05, 0.1) is 14.2 Å². The van der Waals surface area contributed by atoms with Crippen molar-refractivity contribution in [2.75, 3.05) is 14.2 Å². The Bertz CT molecular complexity index is 800. The Morgan fingerprint density at radius 3 is 2.73 bits per heavy atom. The molecule has 22 heavy (non-hydrogen) atoms. The number of carbonyl (C=O) groups excluding carboxylic acids is 1. The Balaban J connectivity index is 2.43. The highest BCUT2D eigenvalue weighted by molar-refractivity contribution is 5.88. The SMILES string of the molecule is COC(=O)C(C)=CCc1cc2ccc(OC)c(O)c2oc1=O. The van der Waals surface area contributed by atoms with Gasteiger partial charge >= 0.3 is 11.6 Å². The summed E-state index contributed by atoms with van der Waals surface area (Å²) in [6, 6.07) is 4.87. The minimum Gasteiger partial charge on any atom is -0.502 e. The number of hydrogen-bond acceptors (Lipinski definition) is 6. The Morgan fingerprint density at radius 1 is 1.36 bits per heavy atom. The second-order valence-electron chi connectivity index (χ2n) is 4.68. The molecule has 0 saturated carbocycles. The van der Waals surface area contributed by atoms with E-state index in [0.29, 0.717) is 16.5 Å². The molecule has 6 heteroatoms. The number of benzene rings is 1. The van der Waals surface area contributed by atoms with Crippen molar-refractivity contribution < 1.29 is 23.8 Å². The van der Waals surface area contributed by atoms with E-state index in [2.05, 4.69) is 4.74 Å². The van der Waals surface area contributed by atoms with Crippen molar-refractivity contribution in [1.29, 1.82) is 0 Å². The van der Waals surface area contributed by atoms with Gasteiger partial charge in [0.1, 0.15) is 0 Å². The average molecular weight is 304 g/mol. The lowest BCUT2D eigenvalue weighted by atomic mass is 10.1. The smallest absolute Gasteiger partial charge is 0.339 e. The zero-order chi connectivity index (χ0) is 16.3. The van der Waals surface area contributed by atoms with Crippen LogP contribution in [0.5, 0.6) is 11.5 Å². The molecule has 2 aromatic rings. The predicted molar refractivity (Wildman–Crippen MR) is 80.2 cm³/mol. The third-order valence-electron chi connectivity index (χ3n) is 3.27. The number of allylic oxidation sites excluding steroid dienone is 1. The Hall–Kier alpha value is -2.76. The van der Waals surface area contributed by atoms with Gasteiger partial charge in [-0.05, 0) is 31.5 Å². The number of aromatic hydroxyl groups is 1. The number of phenols is 1. The molecule has 2 rings (SSSR count). The second kappa shape index (κ2) is 6.34. The van der Waals surface area contributed by atoms with Crippen LogP contribution in [0.4, 0.5) is 0 Å². The van der Waals surface area contributed by atoms with Crippen LogP contribution in [0.1, 0.15) is 12.5 Å². The van der Waals surface area contributed by atoms with Gasteiger partial charge < -0.3 is 19.0 Å². The first-order chi connectivity index (χ1) is 10.5. The van der Waals surface area contributed by atoms with E-state index in [-0.39, 0.29) is 23.5 Å². The Kier molecular flexibility index (Phi) is 4.50. The molecular weight excluding hydrogens is 288 g/mol. The number of esters is 1. The molecule has 0 saturated heterocycles. The zero-order valence-electron chi connectivity index (χ0n) is 12.5. The molecule has 0 radical (unpaired) electrons. The third kappa shape index (κ3) is 2.95. The fourth-order valence-corrected chi connectivity index (χ4v) is 2.01. The summed E-state index contributed by atoms with van der Waals surface area (Å²) in [7, 11) is 2.70. The molecule has 1 aromatic heterocycles. The summed E-state index contributed by atoms with van der Waals surface area (Å²) in [6.45, 7) is 1.60. The molecule has 0 unspecified atom stereocenters.